The summed E-state index contributed by atoms with van der Waals surface area (Å²) in [6, 6.07) is 6.32. The fraction of sp³-hybridized carbons (Fsp3) is 0.628. The van der Waals surface area contributed by atoms with Crippen LogP contribution in [0.25, 0.3) is 0 Å². The number of amides is 3. The van der Waals surface area contributed by atoms with E-state index < -0.39 is 108 Å². The summed E-state index contributed by atoms with van der Waals surface area (Å²) < 4.78 is 47.6. The zero-order valence-electron chi connectivity index (χ0n) is 34.8. The van der Waals surface area contributed by atoms with Gasteiger partial charge in [-0.25, -0.2) is 8.96 Å². The number of phosphoric acid groups is 1. The number of nitrogens with one attached hydrogen (secondary N) is 3. The van der Waals surface area contributed by atoms with Gasteiger partial charge in [-0.3, -0.25) is 33.3 Å². The second-order valence-corrected chi connectivity index (χ2v) is 21.0. The van der Waals surface area contributed by atoms with Gasteiger partial charge in [-0.15, -0.1) is 0 Å². The third-order valence-corrected chi connectivity index (χ3v) is 16.4. The normalized spacial score (nSPS) is 38.6. The number of aliphatic carboxylic acids is 1. The molecule has 9 rings (SSSR count). The molecular weight excluding hydrogens is 912 g/mol. The average molecular weight is 965 g/mol. The number of carboxylic acids is 1. The molecule has 0 radical (unpaired) electrons. The van der Waals surface area contributed by atoms with Crippen LogP contribution in [0.4, 0.5) is 4.39 Å². The summed E-state index contributed by atoms with van der Waals surface area (Å²) >= 11 is 2.99. The van der Waals surface area contributed by atoms with Crippen molar-refractivity contribution in [2.24, 2.45) is 28.1 Å². The van der Waals surface area contributed by atoms with Crippen LogP contribution in [0.3, 0.4) is 0 Å². The van der Waals surface area contributed by atoms with Crippen LogP contribution in [0.1, 0.15) is 89.1 Å². The molecular formula is C43H52BrFN3O14P. The van der Waals surface area contributed by atoms with E-state index in [0.29, 0.717) is 43.2 Å². The Bertz CT molecular complexity index is 2220. The van der Waals surface area contributed by atoms with Crippen molar-refractivity contribution in [2.45, 2.75) is 119 Å². The van der Waals surface area contributed by atoms with Crippen molar-refractivity contribution in [1.29, 1.82) is 0 Å². The van der Waals surface area contributed by atoms with Crippen molar-refractivity contribution in [3.63, 3.8) is 0 Å². The number of halogens is 2. The number of hydrogen-bond acceptors (Lipinski definition) is 11. The molecule has 1 aromatic rings. The van der Waals surface area contributed by atoms with Gasteiger partial charge >= 0.3 is 13.8 Å². The van der Waals surface area contributed by atoms with Crippen LogP contribution in [0, 0.1) is 28.1 Å². The van der Waals surface area contributed by atoms with Gasteiger partial charge < -0.3 is 45.4 Å². The van der Waals surface area contributed by atoms with Crippen molar-refractivity contribution >= 4 is 59.0 Å². The Kier molecular flexibility index (Phi) is 11.7. The average Bonchev–Trinajstić information content (AvgIpc) is 3.70. The minimum Gasteiger partial charge on any atom is -0.481 e. The smallest absolute Gasteiger partial charge is 0.470 e. The Morgan fingerprint density at radius 2 is 1.76 bits per heavy atom. The van der Waals surface area contributed by atoms with E-state index in [1.165, 1.54) is 18.2 Å². The number of Topliss-reactive ketones (excluding diaryl/α,β-unsaturated/α-hetero) is 1. The Balaban J connectivity index is 0.944. The van der Waals surface area contributed by atoms with Gasteiger partial charge in [0.25, 0.3) is 0 Å². The molecule has 1 aliphatic heterocycles. The van der Waals surface area contributed by atoms with Crippen LogP contribution in [0.15, 0.2) is 48.1 Å². The third-order valence-electron chi connectivity index (χ3n) is 15.4. The highest BCUT2D eigenvalue weighted by Crippen LogP contribution is 2.73. The molecule has 0 spiro atoms. The van der Waals surface area contributed by atoms with Gasteiger partial charge in [0.1, 0.15) is 12.6 Å². The number of carbonyl (C=O) groups is 6. The molecule has 7 N–H and O–H groups in total. The Labute approximate surface area is 370 Å². The lowest BCUT2D eigenvalue weighted by molar-refractivity contribution is -0.231. The van der Waals surface area contributed by atoms with Crippen LogP contribution in [0.2, 0.25) is 0 Å². The summed E-state index contributed by atoms with van der Waals surface area (Å²) in [4.78, 5) is 94.3. The first-order valence-corrected chi connectivity index (χ1v) is 23.8. The summed E-state index contributed by atoms with van der Waals surface area (Å²) in [6.45, 7) is 2.06. The molecule has 0 aromatic heterocycles. The standard InChI is InChI=1S/C43H52BrFN3O14P/c1-38-12-11-26(49)13-25(38)7-8-27-28-14-32-43(31(51)19-60-63(57,58)59,39(28,2)16-30(50)42(27,38)45)62-37(61-32)24-5-3-23(4-6-24)15-40-20-41(21-40,22-40)48-36(56)29(9-10-35(54)55)47-34(53)18-46-33(52)17-44/h3-6,11-13,27-30,32,37,50H,7-10,14-22H2,1-2H3,(H,46,52)(H,47,53)(H,48,56)(H,54,55)(H2,57,58,59)/t27-,28-,29-,30-,32+,37+,38-,39-,40?,41?,42-,43+/m0/s1. The molecule has 63 heavy (non-hydrogen) atoms. The van der Waals surface area contributed by atoms with E-state index in [1.54, 1.807) is 26.0 Å². The number of fused-ring (bicyclic) bond motifs is 7. The Hall–Kier alpha value is -3.68. The quantitative estimate of drug-likeness (QED) is 0.0929. The largest absolute Gasteiger partial charge is 0.481 e. The first-order chi connectivity index (χ1) is 29.5. The number of carboxylic acid groups (broad SMARTS) is 1. The third kappa shape index (κ3) is 7.67. The number of rotatable bonds is 16. The van der Waals surface area contributed by atoms with Gasteiger partial charge in [0, 0.05) is 34.3 Å². The minimum absolute atomic E-state index is 0.00667. The molecule has 6 saturated carbocycles. The summed E-state index contributed by atoms with van der Waals surface area (Å²) in [6.07, 6.45) is 3.47. The first-order valence-electron chi connectivity index (χ1n) is 21.1. The maximum absolute atomic E-state index is 17.8. The molecule has 2 bridgehead atoms. The number of ketones is 2. The fourth-order valence-corrected chi connectivity index (χ4v) is 13.2. The molecule has 8 aliphatic rings. The molecule has 1 heterocycles. The number of benzene rings is 1. The van der Waals surface area contributed by atoms with Crippen LogP contribution >= 0.6 is 23.8 Å². The van der Waals surface area contributed by atoms with E-state index in [-0.39, 0.29) is 55.2 Å². The van der Waals surface area contributed by atoms with E-state index in [1.807, 2.05) is 12.1 Å². The lowest BCUT2D eigenvalue weighted by atomic mass is 9.38. The van der Waals surface area contributed by atoms with E-state index >= 15 is 4.39 Å². The topological polar surface area (TPSA) is 264 Å². The van der Waals surface area contributed by atoms with Crippen LogP contribution < -0.4 is 16.0 Å². The number of ether oxygens (including phenoxy) is 2. The molecule has 1 aromatic carbocycles. The van der Waals surface area contributed by atoms with Gasteiger partial charge in [0.05, 0.1) is 24.1 Å². The Morgan fingerprint density at radius 1 is 1.06 bits per heavy atom. The Morgan fingerprint density at radius 3 is 2.41 bits per heavy atom. The molecule has 7 aliphatic carbocycles. The summed E-state index contributed by atoms with van der Waals surface area (Å²) in [5, 5.41) is 29.0. The van der Waals surface area contributed by atoms with Crippen LogP contribution in [0.5, 0.6) is 0 Å². The second kappa shape index (κ2) is 16.0. The number of phosphoric ester groups is 1. The molecule has 7 fully saturated rings. The van der Waals surface area contributed by atoms with Gasteiger partial charge in [-0.05, 0) is 93.8 Å². The zero-order chi connectivity index (χ0) is 45.5. The first kappa shape index (κ1) is 45.9. The van der Waals surface area contributed by atoms with Crippen molar-refractivity contribution in [2.75, 3.05) is 18.5 Å². The van der Waals surface area contributed by atoms with Gasteiger partial charge in [-0.2, -0.15) is 0 Å². The monoisotopic (exact) mass is 963 g/mol. The molecule has 3 amide bonds. The van der Waals surface area contributed by atoms with E-state index in [2.05, 4.69) is 31.9 Å². The molecule has 1 saturated heterocycles. The molecule has 342 valence electrons. The molecule has 20 heteroatoms. The van der Waals surface area contributed by atoms with E-state index in [0.717, 1.165) is 5.56 Å². The summed E-state index contributed by atoms with van der Waals surface area (Å²) in [5.74, 6) is -5.03. The van der Waals surface area contributed by atoms with Crippen molar-refractivity contribution in [3.05, 3.63) is 59.2 Å². The van der Waals surface area contributed by atoms with Crippen molar-refractivity contribution in [3.8, 4) is 0 Å². The number of alkyl halides is 2. The van der Waals surface area contributed by atoms with Crippen molar-refractivity contribution in [1.82, 2.24) is 16.0 Å². The number of allylic oxidation sites excluding steroid dienone is 4. The molecule has 10 atom stereocenters. The minimum atomic E-state index is -5.10. The SMILES string of the molecule is C[C@]12C=CC(=O)C=C1CC[C@H]1[C@@H]3C[C@H]4O[C@@H](c5ccc(CC67CC(NC(=O)[C@H](CCC(=O)O)NC(=O)CNC(=O)CBr)(C6)C7)cc5)O[C@@]4(C(=O)COP(=O)(O)O)[C@@]3(C)C[C@H](O)[C@@]12F. The number of aliphatic hydroxyl groups is 1. The van der Waals surface area contributed by atoms with Crippen LogP contribution in [-0.2, 0) is 53.8 Å². The highest BCUT2D eigenvalue weighted by molar-refractivity contribution is 9.09. The predicted octanol–water partition coefficient (Wildman–Crippen LogP) is 2.94. The summed E-state index contributed by atoms with van der Waals surface area (Å²) in [7, 11) is -5.10. The molecule has 17 nitrogen and oxygen atoms in total. The van der Waals surface area contributed by atoms with Gasteiger partial charge in [0.15, 0.2) is 29.1 Å². The number of aliphatic hydroxyl groups excluding tert-OH is 1. The van der Waals surface area contributed by atoms with E-state index in [9.17, 15) is 53.3 Å². The van der Waals surface area contributed by atoms with Crippen molar-refractivity contribution < 1.29 is 71.7 Å². The van der Waals surface area contributed by atoms with Crippen LogP contribution in [-0.4, -0.2) is 109 Å². The number of carbonyl (C=O) groups excluding carboxylic acids is 5. The zero-order valence-corrected chi connectivity index (χ0v) is 37.3. The maximum atomic E-state index is 17.8. The number of hydrogen-bond donors (Lipinski definition) is 7. The summed E-state index contributed by atoms with van der Waals surface area (Å²) in [5.41, 5.74) is -5.02. The maximum Gasteiger partial charge on any atom is 0.470 e. The lowest BCUT2D eigenvalue weighted by Gasteiger charge is -2.71. The second-order valence-electron chi connectivity index (χ2n) is 19.2. The van der Waals surface area contributed by atoms with Gasteiger partial charge in [-0.1, -0.05) is 58.8 Å². The van der Waals surface area contributed by atoms with E-state index in [4.69, 9.17) is 14.0 Å². The fourth-order valence-electron chi connectivity index (χ4n) is 12.8. The lowest BCUT2D eigenvalue weighted by Crippen LogP contribution is -2.76. The molecule has 0 unspecified atom stereocenters. The highest BCUT2D eigenvalue weighted by atomic mass is 79.9. The predicted molar refractivity (Wildman–Crippen MR) is 221 cm³/mol. The van der Waals surface area contributed by atoms with Gasteiger partial charge in [0.2, 0.25) is 17.7 Å². The highest BCUT2D eigenvalue weighted by Gasteiger charge is 2.79.